The average Bonchev–Trinajstić information content (AvgIpc) is 3.07. The highest BCUT2D eigenvalue weighted by Crippen LogP contribution is 2.35. The van der Waals surface area contributed by atoms with Crippen molar-refractivity contribution in [2.45, 2.75) is 13.0 Å². The number of non-ortho nitro benzene ring substituents is 1. The quantitative estimate of drug-likeness (QED) is 0.337. The molecule has 0 radical (unpaired) electrons. The van der Waals surface area contributed by atoms with E-state index in [9.17, 15) is 19.7 Å². The van der Waals surface area contributed by atoms with Crippen LogP contribution in [-0.4, -0.2) is 41.7 Å². The van der Waals surface area contributed by atoms with E-state index in [1.807, 2.05) is 0 Å². The molecule has 0 N–H and O–H groups in total. The van der Waals surface area contributed by atoms with Gasteiger partial charge >= 0.3 is 5.97 Å². The molecule has 4 rings (SSSR count). The second kappa shape index (κ2) is 8.56. The summed E-state index contributed by atoms with van der Waals surface area (Å²) in [5.74, 6) is 0.211. The van der Waals surface area contributed by atoms with Crippen LogP contribution < -0.4 is 14.3 Å². The number of rotatable bonds is 5. The van der Waals surface area contributed by atoms with E-state index in [4.69, 9.17) is 14.2 Å². The molecule has 0 fully saturated rings. The number of nitrogens with zero attached hydrogens (tertiary/aromatic N) is 3. The summed E-state index contributed by atoms with van der Waals surface area (Å²) >= 11 is 1.24. The van der Waals surface area contributed by atoms with E-state index >= 15 is 0 Å². The minimum absolute atomic E-state index is 0.0345. The van der Waals surface area contributed by atoms with E-state index in [0.29, 0.717) is 40.6 Å². The standard InChI is InChI=1S/C20H17N3O7S/c1-28-19(25)11-22-14-9-15-16(30-7-6-29-15)10-17(14)31-20(22)21-18(24)8-12-2-4-13(5-3-12)23(26)27/h2-5,9-10H,6-8,11H2,1H3. The third kappa shape index (κ3) is 4.40. The van der Waals surface area contributed by atoms with Gasteiger partial charge in [0.1, 0.15) is 19.8 Å². The summed E-state index contributed by atoms with van der Waals surface area (Å²) in [6.45, 7) is 0.737. The predicted octanol–water partition coefficient (Wildman–Crippen LogP) is 2.23. The number of carbonyl (C=O) groups is 2. The SMILES string of the molecule is COC(=O)Cn1c(=NC(=O)Cc2ccc([N+](=O)[O-])cc2)sc2cc3c(cc21)OCCO3. The van der Waals surface area contributed by atoms with Gasteiger partial charge in [0.25, 0.3) is 11.6 Å². The number of esters is 1. The molecule has 2 aromatic carbocycles. The van der Waals surface area contributed by atoms with Gasteiger partial charge in [0.15, 0.2) is 16.3 Å². The zero-order valence-electron chi connectivity index (χ0n) is 16.4. The second-order valence-electron chi connectivity index (χ2n) is 6.62. The van der Waals surface area contributed by atoms with E-state index < -0.39 is 16.8 Å². The van der Waals surface area contributed by atoms with Gasteiger partial charge in [-0.3, -0.25) is 19.7 Å². The fourth-order valence-electron chi connectivity index (χ4n) is 3.09. The largest absolute Gasteiger partial charge is 0.486 e. The number of fused-ring (bicyclic) bond motifs is 2. The molecule has 1 aliphatic heterocycles. The van der Waals surface area contributed by atoms with Crippen LogP contribution in [0.4, 0.5) is 5.69 Å². The number of hydrogen-bond acceptors (Lipinski definition) is 8. The molecule has 1 aliphatic rings. The Hall–Kier alpha value is -3.73. The minimum Gasteiger partial charge on any atom is -0.486 e. The van der Waals surface area contributed by atoms with E-state index in [2.05, 4.69) is 4.99 Å². The van der Waals surface area contributed by atoms with E-state index in [0.717, 1.165) is 4.70 Å². The Labute approximate surface area is 179 Å². The summed E-state index contributed by atoms with van der Waals surface area (Å²) in [5.41, 5.74) is 1.21. The second-order valence-corrected chi connectivity index (χ2v) is 7.63. The lowest BCUT2D eigenvalue weighted by molar-refractivity contribution is -0.384. The van der Waals surface area contributed by atoms with Gasteiger partial charge < -0.3 is 18.8 Å². The third-order valence-electron chi connectivity index (χ3n) is 4.58. The van der Waals surface area contributed by atoms with Crippen molar-refractivity contribution in [1.82, 2.24) is 4.57 Å². The van der Waals surface area contributed by atoms with Crippen LogP contribution in [0.15, 0.2) is 41.4 Å². The molecular formula is C20H17N3O7S. The van der Waals surface area contributed by atoms with E-state index in [-0.39, 0.29) is 18.7 Å². The molecule has 10 nitrogen and oxygen atoms in total. The van der Waals surface area contributed by atoms with Gasteiger partial charge in [0.05, 0.1) is 28.7 Å². The molecule has 3 aromatic rings. The van der Waals surface area contributed by atoms with Gasteiger partial charge in [-0.15, -0.1) is 0 Å². The van der Waals surface area contributed by atoms with Gasteiger partial charge in [-0.25, -0.2) is 0 Å². The lowest BCUT2D eigenvalue weighted by atomic mass is 10.1. The highest BCUT2D eigenvalue weighted by atomic mass is 32.1. The van der Waals surface area contributed by atoms with Crippen LogP contribution in [0, 0.1) is 10.1 Å². The molecule has 0 aliphatic carbocycles. The zero-order valence-corrected chi connectivity index (χ0v) is 17.2. The van der Waals surface area contributed by atoms with Gasteiger partial charge in [0, 0.05) is 24.3 Å². The van der Waals surface area contributed by atoms with Crippen LogP contribution in [0.25, 0.3) is 10.2 Å². The Morgan fingerprint density at radius 3 is 2.52 bits per heavy atom. The number of nitro benzene ring substituents is 1. The topological polar surface area (TPSA) is 122 Å². The Morgan fingerprint density at radius 2 is 1.87 bits per heavy atom. The molecule has 0 saturated carbocycles. The molecule has 1 amide bonds. The predicted molar refractivity (Wildman–Crippen MR) is 110 cm³/mol. The molecule has 11 heteroatoms. The maximum absolute atomic E-state index is 12.6. The number of carbonyl (C=O) groups excluding carboxylic acids is 2. The van der Waals surface area contributed by atoms with Gasteiger partial charge in [-0.2, -0.15) is 4.99 Å². The van der Waals surface area contributed by atoms with Crippen molar-refractivity contribution in [3.05, 3.63) is 56.9 Å². The highest BCUT2D eigenvalue weighted by Gasteiger charge is 2.18. The number of aromatic nitrogens is 1. The molecule has 0 atom stereocenters. The maximum Gasteiger partial charge on any atom is 0.325 e. The number of benzene rings is 2. The number of methoxy groups -OCH3 is 1. The molecule has 160 valence electrons. The van der Waals surface area contributed by atoms with Crippen LogP contribution in [-0.2, 0) is 27.3 Å². The van der Waals surface area contributed by atoms with Crippen molar-refractivity contribution in [3.8, 4) is 11.5 Å². The molecule has 0 spiro atoms. The lowest BCUT2D eigenvalue weighted by Gasteiger charge is -2.18. The van der Waals surface area contributed by atoms with Crippen LogP contribution in [0.1, 0.15) is 5.56 Å². The van der Waals surface area contributed by atoms with Crippen LogP contribution in [0.3, 0.4) is 0 Å². The Balaban J connectivity index is 1.71. The van der Waals surface area contributed by atoms with E-state index in [1.165, 1.54) is 42.7 Å². The molecule has 0 unspecified atom stereocenters. The van der Waals surface area contributed by atoms with Crippen molar-refractivity contribution in [2.75, 3.05) is 20.3 Å². The fraction of sp³-hybridized carbons (Fsp3) is 0.250. The first kappa shape index (κ1) is 20.5. The molecule has 31 heavy (non-hydrogen) atoms. The summed E-state index contributed by atoms with van der Waals surface area (Å²) in [5, 5.41) is 10.8. The van der Waals surface area contributed by atoms with Crippen LogP contribution in [0.5, 0.6) is 11.5 Å². The summed E-state index contributed by atoms with van der Waals surface area (Å²) in [7, 11) is 1.28. The Morgan fingerprint density at radius 1 is 1.19 bits per heavy atom. The number of hydrogen-bond donors (Lipinski definition) is 0. The first-order valence-electron chi connectivity index (χ1n) is 9.25. The van der Waals surface area contributed by atoms with Crippen molar-refractivity contribution in [1.29, 1.82) is 0 Å². The number of nitro groups is 1. The monoisotopic (exact) mass is 443 g/mol. The summed E-state index contributed by atoms with van der Waals surface area (Å²) < 4.78 is 18.4. The minimum atomic E-state index is -0.504. The summed E-state index contributed by atoms with van der Waals surface area (Å²) in [6.07, 6.45) is -0.0345. The smallest absolute Gasteiger partial charge is 0.325 e. The molecule has 2 heterocycles. The first-order chi connectivity index (χ1) is 14.9. The van der Waals surface area contributed by atoms with Crippen molar-refractivity contribution >= 4 is 39.1 Å². The van der Waals surface area contributed by atoms with E-state index in [1.54, 1.807) is 16.7 Å². The third-order valence-corrected chi connectivity index (χ3v) is 5.63. The van der Waals surface area contributed by atoms with Gasteiger partial charge in [0.2, 0.25) is 0 Å². The van der Waals surface area contributed by atoms with Crippen molar-refractivity contribution < 1.29 is 28.7 Å². The summed E-state index contributed by atoms with van der Waals surface area (Å²) in [4.78, 5) is 39.3. The van der Waals surface area contributed by atoms with Gasteiger partial charge in [-0.1, -0.05) is 23.5 Å². The normalized spacial score (nSPS) is 13.3. The molecule has 1 aromatic heterocycles. The van der Waals surface area contributed by atoms with Crippen LogP contribution in [0.2, 0.25) is 0 Å². The highest BCUT2D eigenvalue weighted by molar-refractivity contribution is 7.16. The Kier molecular flexibility index (Phi) is 5.67. The average molecular weight is 443 g/mol. The number of amides is 1. The van der Waals surface area contributed by atoms with Crippen molar-refractivity contribution in [3.63, 3.8) is 0 Å². The lowest BCUT2D eigenvalue weighted by Crippen LogP contribution is -2.23. The fourth-order valence-corrected chi connectivity index (χ4v) is 4.15. The number of ether oxygens (including phenoxy) is 3. The van der Waals surface area contributed by atoms with Crippen molar-refractivity contribution in [2.24, 2.45) is 4.99 Å². The first-order valence-corrected chi connectivity index (χ1v) is 10.1. The molecular weight excluding hydrogens is 426 g/mol. The Bertz CT molecular complexity index is 1240. The summed E-state index contributed by atoms with van der Waals surface area (Å²) in [6, 6.07) is 9.25. The zero-order chi connectivity index (χ0) is 22.0. The maximum atomic E-state index is 12.6. The molecule has 0 saturated heterocycles. The van der Waals surface area contributed by atoms with Gasteiger partial charge in [-0.05, 0) is 5.56 Å². The van der Waals surface area contributed by atoms with Crippen LogP contribution >= 0.6 is 11.3 Å². The number of thiazole rings is 1. The molecule has 0 bridgehead atoms.